The number of rotatable bonds is 7. The minimum absolute atomic E-state index is 0.0175. The van der Waals surface area contributed by atoms with Crippen LogP contribution in [-0.2, 0) is 21.6 Å². The second-order valence-corrected chi connectivity index (χ2v) is 9.78. The molecule has 0 aromatic heterocycles. The van der Waals surface area contributed by atoms with E-state index in [0.717, 1.165) is 25.0 Å². The van der Waals surface area contributed by atoms with Gasteiger partial charge in [0.2, 0.25) is 10.0 Å². The van der Waals surface area contributed by atoms with Gasteiger partial charge in [-0.1, -0.05) is 32.0 Å². The van der Waals surface area contributed by atoms with Gasteiger partial charge in [0.25, 0.3) is 5.91 Å². The predicted molar refractivity (Wildman–Crippen MR) is 107 cm³/mol. The number of hydrogen-bond acceptors (Lipinski definition) is 3. The van der Waals surface area contributed by atoms with Crippen LogP contribution in [0.15, 0.2) is 53.4 Å². The highest BCUT2D eigenvalue weighted by Gasteiger charge is 2.32. The molecule has 1 fully saturated rings. The lowest BCUT2D eigenvalue weighted by molar-refractivity contribution is -0.137. The van der Waals surface area contributed by atoms with E-state index in [4.69, 9.17) is 0 Å². The van der Waals surface area contributed by atoms with Crippen LogP contribution in [0.3, 0.4) is 0 Å². The van der Waals surface area contributed by atoms with Crippen molar-refractivity contribution in [2.45, 2.75) is 49.2 Å². The van der Waals surface area contributed by atoms with Gasteiger partial charge in [-0.05, 0) is 48.7 Å². The molecule has 1 saturated carbocycles. The maximum absolute atomic E-state index is 13.0. The van der Waals surface area contributed by atoms with Crippen LogP contribution < -0.4 is 10.0 Å². The number of benzene rings is 2. The molecule has 2 aromatic carbocycles. The first-order chi connectivity index (χ1) is 13.9. The molecule has 0 bridgehead atoms. The quantitative estimate of drug-likeness (QED) is 0.687. The molecular formula is C21H23F3N2O3S. The zero-order valence-electron chi connectivity index (χ0n) is 16.6. The number of nitrogens with one attached hydrogen (secondary N) is 2. The van der Waals surface area contributed by atoms with Gasteiger partial charge in [-0.3, -0.25) is 4.79 Å². The summed E-state index contributed by atoms with van der Waals surface area (Å²) in [5, 5.41) is 2.71. The van der Waals surface area contributed by atoms with Crippen LogP contribution in [0.1, 0.15) is 48.2 Å². The number of sulfonamides is 1. The molecule has 30 heavy (non-hydrogen) atoms. The van der Waals surface area contributed by atoms with Gasteiger partial charge in [-0.15, -0.1) is 0 Å². The molecular weight excluding hydrogens is 417 g/mol. The molecule has 1 amide bonds. The minimum atomic E-state index is -4.44. The molecule has 9 heteroatoms. The number of amides is 1. The molecule has 1 aliphatic rings. The van der Waals surface area contributed by atoms with Gasteiger partial charge in [-0.25, -0.2) is 13.1 Å². The third-order valence-corrected chi connectivity index (χ3v) is 6.52. The molecule has 3 rings (SSSR count). The molecule has 0 spiro atoms. The Hall–Kier alpha value is -2.39. The second-order valence-electron chi connectivity index (χ2n) is 8.07. The number of carbonyl (C=O) groups excluding carboxylic acids is 1. The van der Waals surface area contributed by atoms with Gasteiger partial charge in [0.05, 0.1) is 10.5 Å². The zero-order chi connectivity index (χ0) is 22.2. The van der Waals surface area contributed by atoms with Crippen molar-refractivity contribution in [2.24, 2.45) is 0 Å². The molecule has 5 nitrogen and oxygen atoms in total. The van der Waals surface area contributed by atoms with Crippen LogP contribution in [-0.4, -0.2) is 26.9 Å². The first-order valence-electron chi connectivity index (χ1n) is 9.47. The van der Waals surface area contributed by atoms with E-state index in [1.165, 1.54) is 30.3 Å². The average Bonchev–Trinajstić information content (AvgIpc) is 3.49. The Labute approximate surface area is 173 Å². The zero-order valence-corrected chi connectivity index (χ0v) is 17.4. The van der Waals surface area contributed by atoms with Crippen molar-refractivity contribution in [3.8, 4) is 0 Å². The van der Waals surface area contributed by atoms with E-state index in [2.05, 4.69) is 10.0 Å². The fourth-order valence-electron chi connectivity index (χ4n) is 2.90. The number of alkyl halides is 3. The van der Waals surface area contributed by atoms with Crippen molar-refractivity contribution in [1.82, 2.24) is 10.0 Å². The van der Waals surface area contributed by atoms with Crippen LogP contribution >= 0.6 is 0 Å². The van der Waals surface area contributed by atoms with E-state index in [9.17, 15) is 26.4 Å². The normalized spacial score (nSPS) is 15.1. The summed E-state index contributed by atoms with van der Waals surface area (Å²) in [5.74, 6) is -0.436. The summed E-state index contributed by atoms with van der Waals surface area (Å²) in [6.45, 7) is 3.58. The highest BCUT2D eigenvalue weighted by molar-refractivity contribution is 7.89. The van der Waals surface area contributed by atoms with E-state index in [1.54, 1.807) is 19.9 Å². The van der Waals surface area contributed by atoms with Crippen molar-refractivity contribution in [2.75, 3.05) is 6.54 Å². The molecule has 0 atom stereocenters. The molecule has 2 N–H and O–H groups in total. The molecule has 0 saturated heterocycles. The van der Waals surface area contributed by atoms with Crippen LogP contribution in [0.2, 0.25) is 0 Å². The van der Waals surface area contributed by atoms with Gasteiger partial charge in [0, 0.05) is 23.6 Å². The van der Waals surface area contributed by atoms with E-state index in [-0.39, 0.29) is 23.0 Å². The second kappa shape index (κ2) is 8.03. The van der Waals surface area contributed by atoms with Crippen LogP contribution in [0.5, 0.6) is 0 Å². The summed E-state index contributed by atoms with van der Waals surface area (Å²) in [4.78, 5) is 12.5. The van der Waals surface area contributed by atoms with Crippen LogP contribution in [0.25, 0.3) is 0 Å². The van der Waals surface area contributed by atoms with Gasteiger partial charge < -0.3 is 5.32 Å². The number of hydrogen-bond donors (Lipinski definition) is 2. The highest BCUT2D eigenvalue weighted by Crippen LogP contribution is 2.32. The average molecular weight is 440 g/mol. The van der Waals surface area contributed by atoms with E-state index >= 15 is 0 Å². The monoisotopic (exact) mass is 440 g/mol. The van der Waals surface area contributed by atoms with Gasteiger partial charge >= 0.3 is 6.18 Å². The third kappa shape index (κ3) is 5.40. The lowest BCUT2D eigenvalue weighted by Gasteiger charge is -2.26. The van der Waals surface area contributed by atoms with Gasteiger partial charge in [0.15, 0.2) is 0 Å². The molecule has 1 aliphatic carbocycles. The largest absolute Gasteiger partial charge is 0.416 e. The van der Waals surface area contributed by atoms with E-state index in [1.807, 2.05) is 0 Å². The molecule has 0 unspecified atom stereocenters. The lowest BCUT2D eigenvalue weighted by Crippen LogP contribution is -2.36. The van der Waals surface area contributed by atoms with E-state index < -0.39 is 33.1 Å². The fraction of sp³-hybridized carbons (Fsp3) is 0.381. The molecule has 0 aliphatic heterocycles. The smallest absolute Gasteiger partial charge is 0.351 e. The van der Waals surface area contributed by atoms with Crippen molar-refractivity contribution in [1.29, 1.82) is 0 Å². The molecule has 0 radical (unpaired) electrons. The van der Waals surface area contributed by atoms with E-state index in [0.29, 0.717) is 5.56 Å². The summed E-state index contributed by atoms with van der Waals surface area (Å²) in [6, 6.07) is 10.5. The SMILES string of the molecule is CC(C)(CNC(=O)c1ccc(S(=O)(=O)NC2CC2)cc1)c1cccc(C(F)(F)F)c1. The first-order valence-corrected chi connectivity index (χ1v) is 11.0. The fourth-order valence-corrected chi connectivity index (χ4v) is 4.20. The molecule has 162 valence electrons. The van der Waals surface area contributed by atoms with Crippen molar-refractivity contribution in [3.05, 3.63) is 65.2 Å². The Balaban J connectivity index is 1.66. The number of carbonyl (C=O) groups is 1. The van der Waals surface area contributed by atoms with Gasteiger partial charge in [-0.2, -0.15) is 13.2 Å². The number of halogens is 3. The van der Waals surface area contributed by atoms with Crippen molar-refractivity contribution < 1.29 is 26.4 Å². The van der Waals surface area contributed by atoms with Crippen LogP contribution in [0, 0.1) is 0 Å². The molecule has 2 aromatic rings. The Bertz CT molecular complexity index is 1030. The minimum Gasteiger partial charge on any atom is -0.351 e. The Kier molecular flexibility index (Phi) is 5.97. The highest BCUT2D eigenvalue weighted by atomic mass is 32.2. The summed E-state index contributed by atoms with van der Waals surface area (Å²) < 4.78 is 65.8. The maximum Gasteiger partial charge on any atom is 0.416 e. The Morgan fingerprint density at radius 3 is 2.20 bits per heavy atom. The summed E-state index contributed by atoms with van der Waals surface area (Å²) in [7, 11) is -3.60. The Morgan fingerprint density at radius 1 is 1.03 bits per heavy atom. The van der Waals surface area contributed by atoms with Crippen LogP contribution in [0.4, 0.5) is 13.2 Å². The molecule has 0 heterocycles. The standard InChI is InChI=1S/C21H23F3N2O3S/c1-20(2,15-4-3-5-16(12-15)21(22,23)24)13-25-19(27)14-6-10-18(11-7-14)30(28,29)26-17-8-9-17/h3-7,10-12,17,26H,8-9,13H2,1-2H3,(H,25,27). The maximum atomic E-state index is 13.0. The predicted octanol–water partition coefficient (Wildman–Crippen LogP) is 3.85. The summed E-state index contributed by atoms with van der Waals surface area (Å²) >= 11 is 0. The van der Waals surface area contributed by atoms with Gasteiger partial charge in [0.1, 0.15) is 0 Å². The van der Waals surface area contributed by atoms with Crippen molar-refractivity contribution in [3.63, 3.8) is 0 Å². The van der Waals surface area contributed by atoms with Crippen molar-refractivity contribution >= 4 is 15.9 Å². The topological polar surface area (TPSA) is 75.3 Å². The Morgan fingerprint density at radius 2 is 1.63 bits per heavy atom. The lowest BCUT2D eigenvalue weighted by atomic mass is 9.83. The summed E-state index contributed by atoms with van der Waals surface area (Å²) in [5.41, 5.74) is -0.768. The first kappa shape index (κ1) is 22.3. The third-order valence-electron chi connectivity index (χ3n) is 4.99. The summed E-state index contributed by atoms with van der Waals surface area (Å²) in [6.07, 6.45) is -2.80.